The molecule has 1 aromatic carbocycles. The molecule has 3 aromatic rings. The summed E-state index contributed by atoms with van der Waals surface area (Å²) in [6.07, 6.45) is 1.44. The van der Waals surface area contributed by atoms with Crippen LogP contribution in [0, 0.1) is 0 Å². The minimum atomic E-state index is -4.51. The summed E-state index contributed by atoms with van der Waals surface area (Å²) in [5.74, 6) is 1.09. The Bertz CT molecular complexity index is 1340. The van der Waals surface area contributed by atoms with E-state index in [1.807, 2.05) is 23.1 Å². The lowest BCUT2D eigenvalue weighted by molar-refractivity contribution is -0.141. The largest absolute Gasteiger partial charge is 0.485 e. The quantitative estimate of drug-likeness (QED) is 0.557. The molecule has 1 spiro atoms. The fourth-order valence-electron chi connectivity index (χ4n) is 5.43. The van der Waals surface area contributed by atoms with E-state index >= 15 is 0 Å². The number of β-amino-alcohol motifs (C(OH)–C–C–N with tert-alkyl or cyclic N) is 1. The average molecular weight is 526 g/mol. The van der Waals surface area contributed by atoms with E-state index in [1.54, 1.807) is 23.2 Å². The van der Waals surface area contributed by atoms with E-state index in [4.69, 9.17) is 4.74 Å². The van der Waals surface area contributed by atoms with Crippen LogP contribution in [0.5, 0.6) is 5.75 Å². The molecule has 0 unspecified atom stereocenters. The number of ether oxygens (including phenoxy) is 1. The number of halogens is 3. The third kappa shape index (κ3) is 4.66. The zero-order valence-electron chi connectivity index (χ0n) is 20.5. The summed E-state index contributed by atoms with van der Waals surface area (Å²) < 4.78 is 44.7. The molecule has 11 heteroatoms. The molecule has 198 valence electrons. The van der Waals surface area contributed by atoms with E-state index in [9.17, 15) is 23.1 Å². The second kappa shape index (κ2) is 9.23. The molecule has 0 radical (unpaired) electrons. The molecule has 8 nitrogen and oxygen atoms in total. The van der Waals surface area contributed by atoms with Crippen LogP contribution in [0.2, 0.25) is 0 Å². The number of aliphatic hydroxyl groups is 1. The number of aliphatic hydroxyl groups excluding tert-OH is 1. The highest BCUT2D eigenvalue weighted by atomic mass is 19.4. The molecule has 2 saturated heterocycles. The lowest BCUT2D eigenvalue weighted by Gasteiger charge is -2.39. The second-order valence-corrected chi connectivity index (χ2v) is 10.2. The van der Waals surface area contributed by atoms with Gasteiger partial charge in [-0.2, -0.15) is 13.2 Å². The van der Waals surface area contributed by atoms with Gasteiger partial charge in [-0.25, -0.2) is 9.97 Å². The number of alkyl halides is 3. The number of nitrogens with zero attached hydrogens (tertiary/aromatic N) is 5. The minimum absolute atomic E-state index is 0.0843. The maximum atomic E-state index is 12.8. The fraction of sp³-hybridized carbons (Fsp3) is 0.407. The van der Waals surface area contributed by atoms with Crippen LogP contribution in [-0.2, 0) is 12.6 Å². The molecule has 6 rings (SSSR count). The fourth-order valence-corrected chi connectivity index (χ4v) is 5.43. The van der Waals surface area contributed by atoms with Crippen molar-refractivity contribution in [1.29, 1.82) is 0 Å². The Kier molecular flexibility index (Phi) is 5.97. The molecule has 0 bridgehead atoms. The molecule has 1 amide bonds. The molecule has 1 atom stereocenters. The summed E-state index contributed by atoms with van der Waals surface area (Å²) in [4.78, 5) is 28.3. The molecule has 38 heavy (non-hydrogen) atoms. The third-order valence-corrected chi connectivity index (χ3v) is 7.59. The van der Waals surface area contributed by atoms with E-state index in [2.05, 4.69) is 15.0 Å². The highest BCUT2D eigenvalue weighted by Crippen LogP contribution is 2.42. The number of hydrogen-bond donors (Lipinski definition) is 1. The van der Waals surface area contributed by atoms with Crippen LogP contribution >= 0.6 is 0 Å². The first kappa shape index (κ1) is 24.6. The number of fused-ring (bicyclic) bond motifs is 1. The van der Waals surface area contributed by atoms with Crippen molar-refractivity contribution in [2.75, 3.05) is 31.1 Å². The van der Waals surface area contributed by atoms with Crippen molar-refractivity contribution in [3.8, 4) is 17.0 Å². The van der Waals surface area contributed by atoms with Crippen LogP contribution < -0.4 is 9.64 Å². The Labute approximate surface area is 217 Å². The molecule has 0 aliphatic carbocycles. The lowest BCUT2D eigenvalue weighted by Crippen LogP contribution is -2.47. The van der Waals surface area contributed by atoms with Crippen molar-refractivity contribution >= 4 is 11.7 Å². The van der Waals surface area contributed by atoms with Crippen molar-refractivity contribution in [1.82, 2.24) is 19.9 Å². The zero-order chi connectivity index (χ0) is 26.5. The van der Waals surface area contributed by atoms with Gasteiger partial charge >= 0.3 is 6.18 Å². The van der Waals surface area contributed by atoms with Crippen LogP contribution in [0.3, 0.4) is 0 Å². The standard InChI is InChI=1S/C27H26F3N5O3/c28-27(29,30)23-14-33-24(15-32-23)34-9-6-26(7-10-34)12-19-11-21(31-13-22(19)38-26)17-1-3-18(4-2-17)25(37)35-8-5-20(36)16-35/h1-4,11,13-15,20,36H,5-10,12,16H2/t20-/m1/s1. The minimum Gasteiger partial charge on any atom is -0.485 e. The zero-order valence-corrected chi connectivity index (χ0v) is 20.5. The van der Waals surface area contributed by atoms with Crippen molar-refractivity contribution in [3.63, 3.8) is 0 Å². The highest BCUT2D eigenvalue weighted by Gasteiger charge is 2.43. The predicted molar refractivity (Wildman–Crippen MR) is 132 cm³/mol. The van der Waals surface area contributed by atoms with Crippen molar-refractivity contribution in [2.24, 2.45) is 0 Å². The maximum absolute atomic E-state index is 12.8. The number of carbonyl (C=O) groups excluding carboxylic acids is 1. The topological polar surface area (TPSA) is 91.7 Å². The van der Waals surface area contributed by atoms with Crippen LogP contribution in [-0.4, -0.2) is 68.7 Å². The Morgan fingerprint density at radius 1 is 1.03 bits per heavy atom. The second-order valence-electron chi connectivity index (χ2n) is 10.2. The Morgan fingerprint density at radius 3 is 2.42 bits per heavy atom. The monoisotopic (exact) mass is 525 g/mol. The first-order valence-corrected chi connectivity index (χ1v) is 12.6. The smallest absolute Gasteiger partial charge is 0.434 e. The molecule has 0 saturated carbocycles. The summed E-state index contributed by atoms with van der Waals surface area (Å²) in [6, 6.07) is 9.35. The van der Waals surface area contributed by atoms with Gasteiger partial charge in [0.2, 0.25) is 0 Å². The molecule has 2 aromatic heterocycles. The number of benzene rings is 1. The summed E-state index contributed by atoms with van der Waals surface area (Å²) >= 11 is 0. The number of amides is 1. The van der Waals surface area contributed by atoms with Gasteiger partial charge in [0.15, 0.2) is 5.69 Å². The lowest BCUT2D eigenvalue weighted by atomic mass is 9.87. The number of likely N-dealkylation sites (tertiary alicyclic amines) is 1. The Morgan fingerprint density at radius 2 is 1.79 bits per heavy atom. The van der Waals surface area contributed by atoms with Gasteiger partial charge in [-0.3, -0.25) is 9.78 Å². The SMILES string of the molecule is O=C(c1ccc(-c2cc3c(cn2)OC2(CCN(c4cnc(C(F)(F)F)cn4)CC2)C3)cc1)N1CC[C@@H](O)C1. The molecule has 3 aliphatic rings. The Balaban J connectivity index is 1.10. The third-order valence-electron chi connectivity index (χ3n) is 7.59. The Hall–Kier alpha value is -3.73. The highest BCUT2D eigenvalue weighted by molar-refractivity contribution is 5.94. The number of aromatic nitrogens is 3. The van der Waals surface area contributed by atoms with Crippen molar-refractivity contribution in [3.05, 3.63) is 65.7 Å². The predicted octanol–water partition coefficient (Wildman–Crippen LogP) is 3.74. The average Bonchev–Trinajstić information content (AvgIpc) is 3.51. The number of pyridine rings is 1. The van der Waals surface area contributed by atoms with E-state index in [0.717, 1.165) is 35.2 Å². The summed E-state index contributed by atoms with van der Waals surface area (Å²) in [5, 5.41) is 9.70. The van der Waals surface area contributed by atoms with Gasteiger partial charge in [-0.1, -0.05) is 12.1 Å². The summed E-state index contributed by atoms with van der Waals surface area (Å²) in [5.41, 5.74) is 1.94. The van der Waals surface area contributed by atoms with Crippen LogP contribution in [0.25, 0.3) is 11.3 Å². The van der Waals surface area contributed by atoms with Crippen LogP contribution in [0.15, 0.2) is 48.9 Å². The van der Waals surface area contributed by atoms with E-state index in [-0.39, 0.29) is 11.5 Å². The van der Waals surface area contributed by atoms with Crippen molar-refractivity contribution < 1.29 is 27.8 Å². The summed E-state index contributed by atoms with van der Waals surface area (Å²) in [7, 11) is 0. The van der Waals surface area contributed by atoms with Gasteiger partial charge < -0.3 is 19.6 Å². The van der Waals surface area contributed by atoms with Gasteiger partial charge in [0, 0.05) is 62.1 Å². The van der Waals surface area contributed by atoms with Gasteiger partial charge in [0.05, 0.1) is 30.4 Å². The molecular weight excluding hydrogens is 499 g/mol. The van der Waals surface area contributed by atoms with E-state index in [1.165, 1.54) is 6.20 Å². The van der Waals surface area contributed by atoms with Gasteiger partial charge in [-0.05, 0) is 24.6 Å². The molecular formula is C27H26F3N5O3. The van der Waals surface area contributed by atoms with Crippen LogP contribution in [0.4, 0.5) is 19.0 Å². The first-order valence-electron chi connectivity index (χ1n) is 12.6. The van der Waals surface area contributed by atoms with E-state index in [0.29, 0.717) is 56.8 Å². The number of hydrogen-bond acceptors (Lipinski definition) is 7. The van der Waals surface area contributed by atoms with Gasteiger partial charge in [0.1, 0.15) is 17.2 Å². The number of anilines is 1. The molecule has 3 aliphatic heterocycles. The first-order chi connectivity index (χ1) is 18.2. The molecule has 1 N–H and O–H groups in total. The number of carbonyl (C=O) groups is 1. The molecule has 2 fully saturated rings. The van der Waals surface area contributed by atoms with Gasteiger partial charge in [0.25, 0.3) is 5.91 Å². The molecule has 5 heterocycles. The maximum Gasteiger partial charge on any atom is 0.434 e. The normalized spacial score (nSPS) is 20.5. The van der Waals surface area contributed by atoms with E-state index < -0.39 is 18.0 Å². The van der Waals surface area contributed by atoms with Gasteiger partial charge in [-0.15, -0.1) is 0 Å². The summed E-state index contributed by atoms with van der Waals surface area (Å²) in [6.45, 7) is 2.12. The number of rotatable bonds is 3. The number of piperidine rings is 1. The van der Waals surface area contributed by atoms with Crippen LogP contribution in [0.1, 0.15) is 40.9 Å². The van der Waals surface area contributed by atoms with Crippen molar-refractivity contribution in [2.45, 2.75) is 43.6 Å².